The molecule has 0 radical (unpaired) electrons. The number of ether oxygens (including phenoxy) is 1. The molecule has 0 spiro atoms. The monoisotopic (exact) mass is 537 g/mol. The van der Waals surface area contributed by atoms with Gasteiger partial charge in [0, 0.05) is 41.5 Å². The zero-order valence-electron chi connectivity index (χ0n) is 23.3. The highest BCUT2D eigenvalue weighted by Gasteiger charge is 2.49. The fourth-order valence-corrected chi connectivity index (χ4v) is 8.08. The van der Waals surface area contributed by atoms with Crippen LogP contribution < -0.4 is 15.8 Å². The van der Waals surface area contributed by atoms with Crippen LogP contribution in [0.4, 0.5) is 0 Å². The van der Waals surface area contributed by atoms with Crippen molar-refractivity contribution in [3.8, 4) is 17.3 Å². The number of ketones is 1. The first-order valence-corrected chi connectivity index (χ1v) is 15.3. The van der Waals surface area contributed by atoms with Crippen LogP contribution in [-0.2, 0) is 13.1 Å². The fraction of sp³-hybridized carbons (Fsp3) is 0.515. The van der Waals surface area contributed by atoms with E-state index in [4.69, 9.17) is 15.5 Å². The van der Waals surface area contributed by atoms with E-state index in [1.165, 1.54) is 23.7 Å². The molecule has 7 heteroatoms. The normalized spacial score (nSPS) is 27.8. The first-order chi connectivity index (χ1) is 19.6. The van der Waals surface area contributed by atoms with Crippen molar-refractivity contribution < 1.29 is 9.53 Å². The third-order valence-electron chi connectivity index (χ3n) is 10.4. The molecular formula is C33H39N5O2. The second-order valence-electron chi connectivity index (χ2n) is 12.9. The smallest absolute Gasteiger partial charge is 0.166 e. The van der Waals surface area contributed by atoms with Crippen LogP contribution >= 0.6 is 0 Å². The lowest BCUT2D eigenvalue weighted by molar-refractivity contribution is 0.0872. The Morgan fingerprint density at radius 2 is 1.90 bits per heavy atom. The Bertz CT molecular complexity index is 1610. The van der Waals surface area contributed by atoms with E-state index in [2.05, 4.69) is 44.8 Å². The molecule has 208 valence electrons. The van der Waals surface area contributed by atoms with Gasteiger partial charge >= 0.3 is 0 Å². The second-order valence-corrected chi connectivity index (χ2v) is 12.9. The number of carbonyl (C=O) groups excluding carboxylic acids is 1. The van der Waals surface area contributed by atoms with E-state index < -0.39 is 0 Å². The number of aromatic nitrogens is 3. The van der Waals surface area contributed by atoms with Crippen molar-refractivity contribution in [2.45, 2.75) is 57.7 Å². The zero-order chi connectivity index (χ0) is 27.0. The summed E-state index contributed by atoms with van der Waals surface area (Å²) in [5.74, 6) is 4.00. The average molecular weight is 538 g/mol. The molecule has 1 saturated heterocycles. The number of nitrogens with zero attached hydrogens (tertiary/aromatic N) is 3. The van der Waals surface area contributed by atoms with E-state index in [9.17, 15) is 4.79 Å². The number of fused-ring (bicyclic) bond motifs is 4. The number of nitrogens with one attached hydrogen (secondary N) is 1. The van der Waals surface area contributed by atoms with Crippen LogP contribution in [0.2, 0.25) is 0 Å². The summed E-state index contributed by atoms with van der Waals surface area (Å²) < 4.78 is 10.9. The summed E-state index contributed by atoms with van der Waals surface area (Å²) in [5.41, 5.74) is 11.5. The predicted molar refractivity (Wildman–Crippen MR) is 158 cm³/mol. The largest absolute Gasteiger partial charge is 0.494 e. The van der Waals surface area contributed by atoms with E-state index >= 15 is 0 Å². The SMILES string of the molecule is COc1cc(C(=O)C2CC3CCC2[C@@H]3N)cc2nc(-c3cc4ccccc4n3CC3CC3)n(C[C@H]3CCNC3)c12. The molecule has 3 N–H and O–H groups in total. The number of methoxy groups -OCH3 is 1. The Balaban J connectivity index is 1.29. The van der Waals surface area contributed by atoms with Crippen molar-refractivity contribution >= 4 is 27.7 Å². The number of carbonyl (C=O) groups is 1. The average Bonchev–Trinajstić information content (AvgIpc) is 3.34. The highest BCUT2D eigenvalue weighted by molar-refractivity contribution is 6.03. The molecule has 1 aliphatic heterocycles. The molecule has 3 heterocycles. The van der Waals surface area contributed by atoms with Crippen molar-refractivity contribution in [1.29, 1.82) is 0 Å². The van der Waals surface area contributed by atoms with Crippen molar-refractivity contribution in [3.63, 3.8) is 0 Å². The number of rotatable bonds is 8. The molecule has 5 atom stereocenters. The lowest BCUT2D eigenvalue weighted by Crippen LogP contribution is -2.29. The maximum atomic E-state index is 13.9. The lowest BCUT2D eigenvalue weighted by atomic mass is 9.83. The highest BCUT2D eigenvalue weighted by Crippen LogP contribution is 2.49. The van der Waals surface area contributed by atoms with E-state index in [1.807, 2.05) is 12.1 Å². The summed E-state index contributed by atoms with van der Waals surface area (Å²) >= 11 is 0. The van der Waals surface area contributed by atoms with Crippen LogP contribution in [0.25, 0.3) is 33.5 Å². The Morgan fingerprint density at radius 3 is 2.62 bits per heavy atom. The summed E-state index contributed by atoms with van der Waals surface area (Å²) in [5, 5.41) is 4.78. The Hall–Kier alpha value is -3.16. The van der Waals surface area contributed by atoms with Crippen LogP contribution in [-0.4, -0.2) is 46.1 Å². The summed E-state index contributed by atoms with van der Waals surface area (Å²) in [7, 11) is 1.72. The van der Waals surface area contributed by atoms with E-state index in [-0.39, 0.29) is 17.7 Å². The molecule has 4 aliphatic rings. The van der Waals surface area contributed by atoms with Crippen LogP contribution in [0.3, 0.4) is 0 Å². The van der Waals surface area contributed by atoms with E-state index in [1.54, 1.807) is 7.11 Å². The van der Waals surface area contributed by atoms with Crippen molar-refractivity contribution in [1.82, 2.24) is 19.4 Å². The molecule has 3 unspecified atom stereocenters. The molecule has 2 aromatic carbocycles. The van der Waals surface area contributed by atoms with Gasteiger partial charge in [-0.3, -0.25) is 4.79 Å². The van der Waals surface area contributed by atoms with Crippen molar-refractivity contribution in [3.05, 3.63) is 48.0 Å². The minimum Gasteiger partial charge on any atom is -0.494 e. The molecule has 4 aromatic rings. The number of benzene rings is 2. The highest BCUT2D eigenvalue weighted by atomic mass is 16.5. The summed E-state index contributed by atoms with van der Waals surface area (Å²) in [6.07, 6.45) is 6.89. The quantitative estimate of drug-likeness (QED) is 0.300. The fourth-order valence-electron chi connectivity index (χ4n) is 8.08. The van der Waals surface area contributed by atoms with Gasteiger partial charge in [-0.05, 0) is 99.6 Å². The first-order valence-electron chi connectivity index (χ1n) is 15.3. The van der Waals surface area contributed by atoms with Gasteiger partial charge in [0.25, 0.3) is 0 Å². The van der Waals surface area contributed by atoms with E-state index in [0.29, 0.717) is 23.3 Å². The predicted octanol–water partition coefficient (Wildman–Crippen LogP) is 5.24. The Labute approximate surface area is 235 Å². The van der Waals surface area contributed by atoms with Gasteiger partial charge in [-0.2, -0.15) is 0 Å². The van der Waals surface area contributed by atoms with Crippen molar-refractivity contribution in [2.75, 3.05) is 20.2 Å². The van der Waals surface area contributed by atoms with Crippen molar-refractivity contribution in [2.24, 2.45) is 35.3 Å². The Kier molecular flexibility index (Phi) is 5.82. The molecule has 2 aromatic heterocycles. The summed E-state index contributed by atoms with van der Waals surface area (Å²) in [6, 6.07) is 15.1. The number of hydrogen-bond acceptors (Lipinski definition) is 5. The van der Waals surface area contributed by atoms with Gasteiger partial charge in [-0.1, -0.05) is 18.2 Å². The van der Waals surface area contributed by atoms with Crippen LogP contribution in [0, 0.1) is 29.6 Å². The molecule has 4 fully saturated rings. The molecule has 0 amide bonds. The van der Waals surface area contributed by atoms with Gasteiger partial charge in [0.1, 0.15) is 11.3 Å². The summed E-state index contributed by atoms with van der Waals surface area (Å²) in [6.45, 7) is 3.95. The van der Waals surface area contributed by atoms with E-state index in [0.717, 1.165) is 86.1 Å². The number of nitrogens with two attached hydrogens (primary N) is 1. The summed E-state index contributed by atoms with van der Waals surface area (Å²) in [4.78, 5) is 19.2. The minimum atomic E-state index is 0.0168. The number of para-hydroxylation sites is 1. The zero-order valence-corrected chi connectivity index (χ0v) is 23.3. The van der Waals surface area contributed by atoms with Gasteiger partial charge in [0.15, 0.2) is 11.6 Å². The van der Waals surface area contributed by atoms with Gasteiger partial charge in [0.05, 0.1) is 18.3 Å². The lowest BCUT2D eigenvalue weighted by Gasteiger charge is -2.21. The van der Waals surface area contributed by atoms with Crippen LogP contribution in [0.15, 0.2) is 42.5 Å². The minimum absolute atomic E-state index is 0.0168. The third kappa shape index (κ3) is 3.92. The molecule has 40 heavy (non-hydrogen) atoms. The Morgan fingerprint density at radius 1 is 1.05 bits per heavy atom. The number of Topliss-reactive ketones (excluding diaryl/α,β-unsaturated/α-hetero) is 1. The molecule has 2 bridgehead atoms. The first kappa shape index (κ1) is 24.6. The molecular weight excluding hydrogens is 498 g/mol. The van der Waals surface area contributed by atoms with Gasteiger partial charge in [0.2, 0.25) is 0 Å². The molecule has 3 aliphatic carbocycles. The maximum Gasteiger partial charge on any atom is 0.166 e. The number of hydrogen-bond donors (Lipinski definition) is 2. The topological polar surface area (TPSA) is 87.1 Å². The van der Waals surface area contributed by atoms with Gasteiger partial charge in [-0.25, -0.2) is 4.98 Å². The van der Waals surface area contributed by atoms with Crippen LogP contribution in [0.5, 0.6) is 5.75 Å². The van der Waals surface area contributed by atoms with Gasteiger partial charge < -0.3 is 24.9 Å². The maximum absolute atomic E-state index is 13.9. The third-order valence-corrected chi connectivity index (χ3v) is 10.4. The standard InChI is InChI=1S/C33H39N5O2/c1-40-29-15-23(32(39)25-12-22-8-9-24(25)30(22)34)13-26-31(29)38(18-20-10-11-35-16-20)33(36-26)28-14-21-4-2-3-5-27(21)37(28)17-19-6-7-19/h2-5,13-15,19-20,22,24-25,30,35H,6-12,16-18,34H2,1H3/t20-,22?,24?,25?,30+/m0/s1. The van der Waals surface area contributed by atoms with Gasteiger partial charge in [-0.15, -0.1) is 0 Å². The molecule has 7 nitrogen and oxygen atoms in total. The number of imidazole rings is 1. The second kappa shape index (κ2) is 9.45. The molecule has 8 rings (SSSR count). The van der Waals surface area contributed by atoms with Crippen LogP contribution in [0.1, 0.15) is 48.9 Å². The molecule has 3 saturated carbocycles.